The van der Waals surface area contributed by atoms with Crippen LogP contribution in [-0.4, -0.2) is 18.1 Å². The van der Waals surface area contributed by atoms with Crippen LogP contribution in [0.1, 0.15) is 44.1 Å². The van der Waals surface area contributed by atoms with E-state index in [2.05, 4.69) is 12.1 Å². The summed E-state index contributed by atoms with van der Waals surface area (Å²) < 4.78 is 5.17. The van der Waals surface area contributed by atoms with Gasteiger partial charge in [-0.3, -0.25) is 4.79 Å². The smallest absolute Gasteiger partial charge is 0.326 e. The van der Waals surface area contributed by atoms with Gasteiger partial charge in [-0.2, -0.15) is 0 Å². The molecule has 2 N–H and O–H groups in total. The van der Waals surface area contributed by atoms with Crippen LogP contribution >= 0.6 is 0 Å². The Morgan fingerprint density at radius 2 is 2.11 bits per heavy atom. The van der Waals surface area contributed by atoms with Crippen molar-refractivity contribution in [3.63, 3.8) is 0 Å². The third kappa shape index (κ3) is 2.41. The van der Waals surface area contributed by atoms with E-state index in [-0.39, 0.29) is 11.9 Å². The summed E-state index contributed by atoms with van der Waals surface area (Å²) in [6.07, 6.45) is 3.79. The molecule has 1 saturated carbocycles. The Labute approximate surface area is 108 Å². The van der Waals surface area contributed by atoms with Crippen molar-refractivity contribution in [2.45, 2.75) is 44.1 Å². The lowest BCUT2D eigenvalue weighted by Gasteiger charge is -2.39. The van der Waals surface area contributed by atoms with E-state index in [1.165, 1.54) is 0 Å². The predicted molar refractivity (Wildman–Crippen MR) is 71.2 cm³/mol. The lowest BCUT2D eigenvalue weighted by molar-refractivity contribution is -0.151. The quantitative estimate of drug-likeness (QED) is 0.835. The summed E-state index contributed by atoms with van der Waals surface area (Å²) in [6.45, 7) is 2.21. The van der Waals surface area contributed by atoms with Crippen LogP contribution in [0.4, 0.5) is 0 Å². The van der Waals surface area contributed by atoms with E-state index in [0.29, 0.717) is 13.0 Å². The molecule has 1 fully saturated rings. The van der Waals surface area contributed by atoms with Crippen LogP contribution in [0.5, 0.6) is 0 Å². The van der Waals surface area contributed by atoms with Crippen molar-refractivity contribution in [1.29, 1.82) is 0 Å². The molecule has 3 heteroatoms. The van der Waals surface area contributed by atoms with Crippen molar-refractivity contribution in [3.8, 4) is 0 Å². The fourth-order valence-corrected chi connectivity index (χ4v) is 2.86. The molecular formula is C15H21NO2. The van der Waals surface area contributed by atoms with Gasteiger partial charge in [-0.25, -0.2) is 0 Å². The zero-order valence-electron chi connectivity index (χ0n) is 10.9. The van der Waals surface area contributed by atoms with Gasteiger partial charge in [0.05, 0.1) is 6.61 Å². The zero-order chi connectivity index (χ0) is 13.0. The van der Waals surface area contributed by atoms with Gasteiger partial charge in [0.15, 0.2) is 0 Å². The van der Waals surface area contributed by atoms with Gasteiger partial charge in [0, 0.05) is 5.92 Å². The predicted octanol–water partition coefficient (Wildman–Crippen LogP) is 2.60. The molecule has 3 nitrogen and oxygen atoms in total. The standard InChI is InChI=1S/C15H21NO2/c1-2-18-14(17)15(16)11-7-6-10-13(15)12-8-4-3-5-9-12/h3-5,8-9,13H,2,6-7,10-11,16H2,1H3. The minimum atomic E-state index is -0.852. The van der Waals surface area contributed by atoms with Crippen LogP contribution in [0.25, 0.3) is 0 Å². The maximum Gasteiger partial charge on any atom is 0.326 e. The molecule has 0 aromatic heterocycles. The Hall–Kier alpha value is -1.35. The highest BCUT2D eigenvalue weighted by Crippen LogP contribution is 2.40. The molecule has 0 amide bonds. The molecule has 2 atom stereocenters. The molecule has 1 aromatic carbocycles. The van der Waals surface area contributed by atoms with Crippen LogP contribution in [0.2, 0.25) is 0 Å². The second-order valence-corrected chi connectivity index (χ2v) is 4.97. The van der Waals surface area contributed by atoms with Gasteiger partial charge in [0.25, 0.3) is 0 Å². The Kier molecular flexibility index (Phi) is 4.02. The van der Waals surface area contributed by atoms with Gasteiger partial charge in [-0.05, 0) is 25.3 Å². The summed E-state index contributed by atoms with van der Waals surface area (Å²) in [7, 11) is 0. The van der Waals surface area contributed by atoms with Crippen LogP contribution in [0.15, 0.2) is 30.3 Å². The molecule has 18 heavy (non-hydrogen) atoms. The van der Waals surface area contributed by atoms with Crippen LogP contribution in [0.3, 0.4) is 0 Å². The highest BCUT2D eigenvalue weighted by Gasteiger charge is 2.45. The first-order valence-electron chi connectivity index (χ1n) is 6.69. The second-order valence-electron chi connectivity index (χ2n) is 4.97. The van der Waals surface area contributed by atoms with E-state index < -0.39 is 5.54 Å². The Morgan fingerprint density at radius 1 is 1.39 bits per heavy atom. The average Bonchev–Trinajstić information content (AvgIpc) is 2.40. The van der Waals surface area contributed by atoms with E-state index in [4.69, 9.17) is 10.5 Å². The number of ether oxygens (including phenoxy) is 1. The average molecular weight is 247 g/mol. The van der Waals surface area contributed by atoms with E-state index in [9.17, 15) is 4.79 Å². The summed E-state index contributed by atoms with van der Waals surface area (Å²) in [6, 6.07) is 10.1. The Balaban J connectivity index is 2.28. The third-order valence-electron chi connectivity index (χ3n) is 3.81. The molecule has 2 unspecified atom stereocenters. The summed E-state index contributed by atoms with van der Waals surface area (Å²) in [5.74, 6) is -0.176. The molecule has 0 spiro atoms. The minimum Gasteiger partial charge on any atom is -0.465 e. The normalized spacial score (nSPS) is 27.8. The lowest BCUT2D eigenvalue weighted by Crippen LogP contribution is -2.55. The van der Waals surface area contributed by atoms with E-state index in [0.717, 1.165) is 24.8 Å². The number of carbonyl (C=O) groups is 1. The summed E-state index contributed by atoms with van der Waals surface area (Å²) in [5.41, 5.74) is 6.68. The maximum absolute atomic E-state index is 12.2. The van der Waals surface area contributed by atoms with Crippen molar-refractivity contribution < 1.29 is 9.53 Å². The number of carbonyl (C=O) groups excluding carboxylic acids is 1. The largest absolute Gasteiger partial charge is 0.465 e. The van der Waals surface area contributed by atoms with Gasteiger partial charge in [-0.1, -0.05) is 43.2 Å². The summed E-state index contributed by atoms with van der Waals surface area (Å²) in [4.78, 5) is 12.2. The molecule has 0 bridgehead atoms. The van der Waals surface area contributed by atoms with Crippen molar-refractivity contribution >= 4 is 5.97 Å². The molecule has 0 saturated heterocycles. The van der Waals surface area contributed by atoms with Crippen LogP contribution in [-0.2, 0) is 9.53 Å². The highest BCUT2D eigenvalue weighted by molar-refractivity contribution is 5.82. The molecule has 98 valence electrons. The van der Waals surface area contributed by atoms with Gasteiger partial charge in [-0.15, -0.1) is 0 Å². The Morgan fingerprint density at radius 3 is 2.78 bits per heavy atom. The molecule has 1 aliphatic rings. The topological polar surface area (TPSA) is 52.3 Å². The first-order valence-corrected chi connectivity index (χ1v) is 6.69. The number of hydrogen-bond acceptors (Lipinski definition) is 3. The Bertz CT molecular complexity index is 404. The fourth-order valence-electron chi connectivity index (χ4n) is 2.86. The van der Waals surface area contributed by atoms with Gasteiger partial charge in [0.1, 0.15) is 5.54 Å². The van der Waals surface area contributed by atoms with Crippen molar-refractivity contribution in [3.05, 3.63) is 35.9 Å². The molecule has 0 radical (unpaired) electrons. The monoisotopic (exact) mass is 247 g/mol. The number of nitrogens with two attached hydrogens (primary N) is 1. The maximum atomic E-state index is 12.2. The van der Waals surface area contributed by atoms with Gasteiger partial charge < -0.3 is 10.5 Å². The molecule has 0 aliphatic heterocycles. The number of rotatable bonds is 3. The van der Waals surface area contributed by atoms with Crippen molar-refractivity contribution in [1.82, 2.24) is 0 Å². The van der Waals surface area contributed by atoms with E-state index in [1.54, 1.807) is 0 Å². The lowest BCUT2D eigenvalue weighted by atomic mass is 9.70. The first kappa shape index (κ1) is 13.1. The van der Waals surface area contributed by atoms with E-state index in [1.807, 2.05) is 25.1 Å². The minimum absolute atomic E-state index is 0.0755. The van der Waals surface area contributed by atoms with Crippen molar-refractivity contribution in [2.24, 2.45) is 5.73 Å². The van der Waals surface area contributed by atoms with Crippen LogP contribution < -0.4 is 5.73 Å². The molecule has 1 aliphatic carbocycles. The number of benzene rings is 1. The molecule has 2 rings (SSSR count). The van der Waals surface area contributed by atoms with Gasteiger partial charge in [0.2, 0.25) is 0 Å². The third-order valence-corrected chi connectivity index (χ3v) is 3.81. The van der Waals surface area contributed by atoms with Crippen LogP contribution in [0, 0.1) is 0 Å². The van der Waals surface area contributed by atoms with Gasteiger partial charge >= 0.3 is 5.97 Å². The first-order chi connectivity index (χ1) is 8.68. The van der Waals surface area contributed by atoms with Crippen molar-refractivity contribution in [2.75, 3.05) is 6.61 Å². The zero-order valence-corrected chi connectivity index (χ0v) is 10.9. The highest BCUT2D eigenvalue weighted by atomic mass is 16.5. The molecule has 1 aromatic rings. The van der Waals surface area contributed by atoms with E-state index >= 15 is 0 Å². The summed E-state index contributed by atoms with van der Waals surface area (Å²) in [5, 5.41) is 0. The molecular weight excluding hydrogens is 226 g/mol. The fraction of sp³-hybridized carbons (Fsp3) is 0.533. The summed E-state index contributed by atoms with van der Waals surface area (Å²) >= 11 is 0. The number of hydrogen-bond donors (Lipinski definition) is 1. The number of esters is 1. The molecule has 0 heterocycles. The second kappa shape index (κ2) is 5.53. The SMILES string of the molecule is CCOC(=O)C1(N)CCCCC1c1ccccc1.